The van der Waals surface area contributed by atoms with Gasteiger partial charge in [0.1, 0.15) is 11.5 Å². The predicted molar refractivity (Wildman–Crippen MR) is 112 cm³/mol. The number of rotatable bonds is 3. The molecule has 3 heterocycles. The van der Waals surface area contributed by atoms with Crippen LogP contribution in [-0.2, 0) is 0 Å². The molecule has 0 saturated heterocycles. The highest BCUT2D eigenvalue weighted by molar-refractivity contribution is 5.94. The lowest BCUT2D eigenvalue weighted by molar-refractivity contribution is 0.0996. The van der Waals surface area contributed by atoms with Crippen LogP contribution in [0.1, 0.15) is 10.5 Å². The number of hydrogen-bond acceptors (Lipinski definition) is 5. The Morgan fingerprint density at radius 2 is 1.77 bits per heavy atom. The third-order valence-corrected chi connectivity index (χ3v) is 4.88. The number of anilines is 1. The minimum absolute atomic E-state index is 0.0726. The molecule has 0 aliphatic rings. The molecule has 0 aliphatic carbocycles. The van der Waals surface area contributed by atoms with E-state index in [0.717, 1.165) is 16.5 Å². The molecule has 0 spiro atoms. The van der Waals surface area contributed by atoms with Gasteiger partial charge in [-0.3, -0.25) is 14.2 Å². The molecular weight excluding hydrogens is 383 g/mol. The average molecular weight is 398 g/mol. The van der Waals surface area contributed by atoms with E-state index in [4.69, 9.17) is 11.5 Å². The summed E-state index contributed by atoms with van der Waals surface area (Å²) in [5, 5.41) is 0.931. The van der Waals surface area contributed by atoms with Gasteiger partial charge < -0.3 is 11.5 Å². The number of nitrogens with two attached hydrogens (primary N) is 2. The minimum Gasteiger partial charge on any atom is -0.381 e. The van der Waals surface area contributed by atoms with E-state index in [1.54, 1.807) is 22.7 Å². The molecule has 0 saturated carbocycles. The Hall–Kier alpha value is -4.33. The maximum Gasteiger partial charge on any atom is 0.268 e. The number of nitrogen functional groups attached to an aromatic ring is 1. The Labute approximate surface area is 169 Å². The number of primary amides is 1. The standard InChI is InChI=1S/C22H15FN6O/c23-15-6-3-12(4-7-15)18-19(14-5-8-16-13(10-14)2-1-9-26-16)29-11-17(21(25)30)27-22(29)20(24)28-18/h1-11H,(H2,24,28)(H2,25,30). The molecule has 0 fully saturated rings. The van der Waals surface area contributed by atoms with Crippen LogP contribution in [-0.4, -0.2) is 25.3 Å². The molecule has 30 heavy (non-hydrogen) atoms. The van der Waals surface area contributed by atoms with Gasteiger partial charge >= 0.3 is 0 Å². The summed E-state index contributed by atoms with van der Waals surface area (Å²) in [7, 11) is 0. The Kier molecular flexibility index (Phi) is 3.92. The summed E-state index contributed by atoms with van der Waals surface area (Å²) in [5.74, 6) is -0.895. The van der Waals surface area contributed by atoms with Crippen LogP contribution in [0.3, 0.4) is 0 Å². The lowest BCUT2D eigenvalue weighted by Crippen LogP contribution is -2.10. The maximum absolute atomic E-state index is 13.5. The SMILES string of the molecule is NC(=O)c1cn2c(-c3ccc4ncccc4c3)c(-c3ccc(F)cc3)nc(N)c2n1. The zero-order chi connectivity index (χ0) is 20.8. The number of nitrogens with zero attached hydrogens (tertiary/aromatic N) is 4. The van der Waals surface area contributed by atoms with Crippen LogP contribution in [0.4, 0.5) is 10.2 Å². The van der Waals surface area contributed by atoms with Gasteiger partial charge in [0.2, 0.25) is 0 Å². The monoisotopic (exact) mass is 398 g/mol. The van der Waals surface area contributed by atoms with E-state index >= 15 is 0 Å². The van der Waals surface area contributed by atoms with E-state index in [1.807, 2.05) is 30.3 Å². The first kappa shape index (κ1) is 17.7. The van der Waals surface area contributed by atoms with Crippen molar-refractivity contribution in [3.63, 3.8) is 0 Å². The van der Waals surface area contributed by atoms with Gasteiger partial charge in [0, 0.05) is 28.9 Å². The van der Waals surface area contributed by atoms with E-state index in [2.05, 4.69) is 15.0 Å². The number of benzene rings is 2. The highest BCUT2D eigenvalue weighted by Crippen LogP contribution is 2.34. The highest BCUT2D eigenvalue weighted by Gasteiger charge is 2.20. The van der Waals surface area contributed by atoms with E-state index < -0.39 is 5.91 Å². The van der Waals surface area contributed by atoms with E-state index in [9.17, 15) is 9.18 Å². The molecule has 5 rings (SSSR count). The fraction of sp³-hybridized carbons (Fsp3) is 0. The molecule has 1 amide bonds. The third kappa shape index (κ3) is 2.82. The fourth-order valence-electron chi connectivity index (χ4n) is 3.50. The molecule has 0 bridgehead atoms. The van der Waals surface area contributed by atoms with Crippen molar-refractivity contribution in [3.05, 3.63) is 78.5 Å². The lowest BCUT2D eigenvalue weighted by atomic mass is 10.0. The van der Waals surface area contributed by atoms with Crippen LogP contribution >= 0.6 is 0 Å². The predicted octanol–water partition coefficient (Wildman–Crippen LogP) is 3.43. The first-order valence-corrected chi connectivity index (χ1v) is 9.11. The molecular formula is C22H15FN6O. The van der Waals surface area contributed by atoms with Crippen molar-refractivity contribution in [2.45, 2.75) is 0 Å². The van der Waals surface area contributed by atoms with E-state index in [1.165, 1.54) is 18.3 Å². The second-order valence-electron chi connectivity index (χ2n) is 6.80. The molecule has 8 heteroatoms. The van der Waals surface area contributed by atoms with Gasteiger partial charge in [0.05, 0.1) is 16.9 Å². The molecule has 0 atom stereocenters. The maximum atomic E-state index is 13.5. The Bertz CT molecular complexity index is 1440. The van der Waals surface area contributed by atoms with Crippen LogP contribution in [0.15, 0.2) is 67.0 Å². The number of pyridine rings is 1. The van der Waals surface area contributed by atoms with Crippen LogP contribution in [0.25, 0.3) is 39.1 Å². The molecule has 3 aromatic heterocycles. The number of halogens is 1. The molecule has 0 aliphatic heterocycles. The van der Waals surface area contributed by atoms with Crippen LogP contribution < -0.4 is 11.5 Å². The largest absolute Gasteiger partial charge is 0.381 e. The smallest absolute Gasteiger partial charge is 0.268 e. The van der Waals surface area contributed by atoms with Crippen LogP contribution in [0, 0.1) is 5.82 Å². The number of aromatic nitrogens is 4. The second-order valence-corrected chi connectivity index (χ2v) is 6.80. The zero-order valence-electron chi connectivity index (χ0n) is 15.6. The van der Waals surface area contributed by atoms with E-state index in [-0.39, 0.29) is 17.3 Å². The Balaban J connectivity index is 1.88. The highest BCUT2D eigenvalue weighted by atomic mass is 19.1. The molecule has 0 unspecified atom stereocenters. The van der Waals surface area contributed by atoms with Crippen LogP contribution in [0.2, 0.25) is 0 Å². The Morgan fingerprint density at radius 1 is 1.00 bits per heavy atom. The third-order valence-electron chi connectivity index (χ3n) is 4.88. The minimum atomic E-state index is -0.671. The fourth-order valence-corrected chi connectivity index (χ4v) is 3.50. The van der Waals surface area contributed by atoms with Gasteiger partial charge in [-0.2, -0.15) is 0 Å². The number of carbonyl (C=O) groups excluding carboxylic acids is 1. The summed E-state index contributed by atoms with van der Waals surface area (Å²) in [6.07, 6.45) is 3.26. The summed E-state index contributed by atoms with van der Waals surface area (Å²) in [6.45, 7) is 0. The molecule has 4 N–H and O–H groups in total. The zero-order valence-corrected chi connectivity index (χ0v) is 15.6. The quantitative estimate of drug-likeness (QED) is 0.483. The van der Waals surface area contributed by atoms with Gasteiger partial charge in [-0.1, -0.05) is 12.1 Å². The molecule has 7 nitrogen and oxygen atoms in total. The van der Waals surface area contributed by atoms with Crippen molar-refractivity contribution >= 4 is 28.3 Å². The summed E-state index contributed by atoms with van der Waals surface area (Å²) in [4.78, 5) is 24.9. The summed E-state index contributed by atoms with van der Waals surface area (Å²) in [6, 6.07) is 15.5. The molecule has 5 aromatic rings. The van der Waals surface area contributed by atoms with E-state index in [0.29, 0.717) is 22.6 Å². The van der Waals surface area contributed by atoms with Crippen molar-refractivity contribution in [1.82, 2.24) is 19.4 Å². The van der Waals surface area contributed by atoms with Gasteiger partial charge in [0.25, 0.3) is 5.91 Å². The van der Waals surface area contributed by atoms with Gasteiger partial charge in [-0.15, -0.1) is 0 Å². The summed E-state index contributed by atoms with van der Waals surface area (Å²) >= 11 is 0. The van der Waals surface area contributed by atoms with Crippen LogP contribution in [0.5, 0.6) is 0 Å². The van der Waals surface area contributed by atoms with Crippen molar-refractivity contribution in [1.29, 1.82) is 0 Å². The van der Waals surface area contributed by atoms with Crippen molar-refractivity contribution in [2.75, 3.05) is 5.73 Å². The number of amides is 1. The van der Waals surface area contributed by atoms with Gasteiger partial charge in [0.15, 0.2) is 11.5 Å². The number of imidazole rings is 1. The lowest BCUT2D eigenvalue weighted by Gasteiger charge is -2.14. The van der Waals surface area contributed by atoms with Crippen molar-refractivity contribution < 1.29 is 9.18 Å². The first-order valence-electron chi connectivity index (χ1n) is 9.11. The first-order chi connectivity index (χ1) is 14.5. The average Bonchev–Trinajstić information content (AvgIpc) is 3.20. The topological polar surface area (TPSA) is 112 Å². The summed E-state index contributed by atoms with van der Waals surface area (Å²) < 4.78 is 15.2. The number of hydrogen-bond donors (Lipinski definition) is 2. The van der Waals surface area contributed by atoms with Crippen molar-refractivity contribution in [3.8, 4) is 22.5 Å². The summed E-state index contributed by atoms with van der Waals surface area (Å²) in [5.41, 5.74) is 15.5. The number of fused-ring (bicyclic) bond motifs is 2. The van der Waals surface area contributed by atoms with Crippen molar-refractivity contribution in [2.24, 2.45) is 5.73 Å². The van der Waals surface area contributed by atoms with Gasteiger partial charge in [-0.05, 0) is 42.5 Å². The molecule has 146 valence electrons. The Morgan fingerprint density at radius 3 is 2.53 bits per heavy atom. The number of carbonyl (C=O) groups is 1. The molecule has 2 aromatic carbocycles. The molecule has 0 radical (unpaired) electrons. The van der Waals surface area contributed by atoms with Gasteiger partial charge in [-0.25, -0.2) is 14.4 Å². The second kappa shape index (κ2) is 6.63. The normalized spacial score (nSPS) is 11.2.